The van der Waals surface area contributed by atoms with Crippen molar-refractivity contribution in [2.45, 2.75) is 50.7 Å². The number of nitrogens with one attached hydrogen (secondary N) is 1. The molecule has 0 spiro atoms. The molecule has 2 heterocycles. The fourth-order valence-electron chi connectivity index (χ4n) is 4.65. The van der Waals surface area contributed by atoms with Crippen LogP contribution in [0.3, 0.4) is 0 Å². The first-order valence-electron chi connectivity index (χ1n) is 11.7. The molecule has 2 aliphatic rings. The molecule has 2 amide bonds. The maximum atomic E-state index is 15.4. The van der Waals surface area contributed by atoms with Crippen LogP contribution >= 0.6 is 11.8 Å². The van der Waals surface area contributed by atoms with Crippen LogP contribution in [0.2, 0.25) is 0 Å². The van der Waals surface area contributed by atoms with E-state index in [4.69, 9.17) is 0 Å². The third-order valence-corrected chi connectivity index (χ3v) is 7.15. The van der Waals surface area contributed by atoms with Crippen LogP contribution in [-0.4, -0.2) is 83.0 Å². The first kappa shape index (κ1) is 25.6. The molecule has 1 saturated heterocycles. The van der Waals surface area contributed by atoms with Gasteiger partial charge in [-0.15, -0.1) is 0 Å². The van der Waals surface area contributed by atoms with Crippen LogP contribution in [0.1, 0.15) is 44.7 Å². The topological polar surface area (TPSA) is 102 Å². The SMILES string of the molecule is CCN1CCN(c2nc(SC)nc(CNC(=O)[C@H](CC3CCCC3)CN(O)C=O)c2F)CC1. The van der Waals surface area contributed by atoms with Gasteiger partial charge in [-0.1, -0.05) is 44.4 Å². The minimum absolute atomic E-state index is 0.0731. The van der Waals surface area contributed by atoms with Crippen LogP contribution in [-0.2, 0) is 16.1 Å². The Morgan fingerprint density at radius 2 is 2.00 bits per heavy atom. The van der Waals surface area contributed by atoms with E-state index in [0.717, 1.165) is 45.3 Å². The van der Waals surface area contributed by atoms with E-state index in [1.54, 1.807) is 0 Å². The number of amides is 2. The highest BCUT2D eigenvalue weighted by Gasteiger charge is 2.28. The molecule has 1 aromatic rings. The van der Waals surface area contributed by atoms with Gasteiger partial charge in [0.1, 0.15) is 5.69 Å². The van der Waals surface area contributed by atoms with Gasteiger partial charge in [0.25, 0.3) is 0 Å². The normalized spacial score (nSPS) is 18.4. The van der Waals surface area contributed by atoms with E-state index in [-0.39, 0.29) is 30.5 Å². The van der Waals surface area contributed by atoms with Gasteiger partial charge in [0.15, 0.2) is 16.8 Å². The van der Waals surface area contributed by atoms with Gasteiger partial charge >= 0.3 is 0 Å². The summed E-state index contributed by atoms with van der Waals surface area (Å²) in [5.41, 5.74) is 0.145. The number of anilines is 1. The first-order valence-corrected chi connectivity index (χ1v) is 12.9. The number of nitrogens with zero attached hydrogens (tertiary/aromatic N) is 5. The Balaban J connectivity index is 1.70. The molecule has 0 bridgehead atoms. The highest BCUT2D eigenvalue weighted by Crippen LogP contribution is 2.31. The average Bonchev–Trinajstić information content (AvgIpc) is 3.36. The van der Waals surface area contributed by atoms with Gasteiger partial charge in [-0.3, -0.25) is 14.8 Å². The number of hydrogen-bond acceptors (Lipinski definition) is 8. The fraction of sp³-hybridized carbons (Fsp3) is 0.727. The summed E-state index contributed by atoms with van der Waals surface area (Å²) in [6.45, 7) is 5.97. The molecule has 9 nitrogen and oxygen atoms in total. The van der Waals surface area contributed by atoms with Crippen LogP contribution in [0.15, 0.2) is 5.16 Å². The highest BCUT2D eigenvalue weighted by molar-refractivity contribution is 7.98. The monoisotopic (exact) mass is 482 g/mol. The number of halogens is 1. The lowest BCUT2D eigenvalue weighted by Gasteiger charge is -2.35. The maximum Gasteiger partial charge on any atom is 0.233 e. The Morgan fingerprint density at radius 1 is 1.30 bits per heavy atom. The van der Waals surface area contributed by atoms with Gasteiger partial charge in [0, 0.05) is 26.2 Å². The maximum absolute atomic E-state index is 15.4. The zero-order valence-electron chi connectivity index (χ0n) is 19.5. The molecular formula is C22H35FN6O3S. The molecule has 11 heteroatoms. The molecule has 1 aliphatic carbocycles. The highest BCUT2D eigenvalue weighted by atomic mass is 32.2. The second-order valence-electron chi connectivity index (χ2n) is 8.74. The van der Waals surface area contributed by atoms with Crippen molar-refractivity contribution in [1.82, 2.24) is 25.2 Å². The van der Waals surface area contributed by atoms with Crippen molar-refractivity contribution in [3.63, 3.8) is 0 Å². The quantitative estimate of drug-likeness (QED) is 0.163. The minimum Gasteiger partial charge on any atom is -0.351 e. The fourth-order valence-corrected chi connectivity index (χ4v) is 5.03. The van der Waals surface area contributed by atoms with Crippen LogP contribution in [0.25, 0.3) is 0 Å². The number of hydrogen-bond donors (Lipinski definition) is 2. The number of thioether (sulfide) groups is 1. The lowest BCUT2D eigenvalue weighted by atomic mass is 9.92. The van der Waals surface area contributed by atoms with Crippen LogP contribution < -0.4 is 10.2 Å². The largest absolute Gasteiger partial charge is 0.351 e. The number of likely N-dealkylation sites (N-methyl/N-ethyl adjacent to an activating group) is 1. The number of aromatic nitrogens is 2. The summed E-state index contributed by atoms with van der Waals surface area (Å²) in [5.74, 6) is -0.714. The Labute approximate surface area is 199 Å². The van der Waals surface area contributed by atoms with Gasteiger partial charge in [0.2, 0.25) is 12.3 Å². The summed E-state index contributed by atoms with van der Waals surface area (Å²) in [6.07, 6.45) is 7.08. The van der Waals surface area contributed by atoms with E-state index in [1.807, 2.05) is 11.2 Å². The summed E-state index contributed by atoms with van der Waals surface area (Å²) in [6, 6.07) is 0. The number of carbonyl (C=O) groups is 2. The van der Waals surface area contributed by atoms with E-state index >= 15 is 4.39 Å². The van der Waals surface area contributed by atoms with Crippen LogP contribution in [0.4, 0.5) is 10.2 Å². The summed E-state index contributed by atoms with van der Waals surface area (Å²) in [5, 5.41) is 13.4. The van der Waals surface area contributed by atoms with E-state index in [1.165, 1.54) is 11.8 Å². The molecule has 2 fully saturated rings. The molecule has 1 aromatic heterocycles. The van der Waals surface area contributed by atoms with Crippen molar-refractivity contribution in [2.75, 3.05) is 50.4 Å². The van der Waals surface area contributed by atoms with Crippen molar-refractivity contribution >= 4 is 29.9 Å². The molecule has 2 N–H and O–H groups in total. The third kappa shape index (κ3) is 7.00. The number of piperazine rings is 1. The molecule has 184 valence electrons. The summed E-state index contributed by atoms with van der Waals surface area (Å²) >= 11 is 1.33. The van der Waals surface area contributed by atoms with Crippen molar-refractivity contribution in [3.05, 3.63) is 11.5 Å². The summed E-state index contributed by atoms with van der Waals surface area (Å²) < 4.78 is 15.4. The second-order valence-corrected chi connectivity index (χ2v) is 9.52. The Kier molecular flexibility index (Phi) is 9.69. The van der Waals surface area contributed by atoms with Crippen molar-refractivity contribution in [1.29, 1.82) is 0 Å². The van der Waals surface area contributed by atoms with E-state index < -0.39 is 11.7 Å². The molecule has 3 rings (SSSR count). The number of carbonyl (C=O) groups excluding carboxylic acids is 2. The molecule has 0 radical (unpaired) electrons. The molecular weight excluding hydrogens is 447 g/mol. The number of hydroxylamine groups is 2. The molecule has 1 aliphatic heterocycles. The van der Waals surface area contributed by atoms with Crippen LogP contribution in [0, 0.1) is 17.7 Å². The molecule has 1 saturated carbocycles. The van der Waals surface area contributed by atoms with Gasteiger partial charge in [-0.25, -0.2) is 19.4 Å². The van der Waals surface area contributed by atoms with Gasteiger partial charge in [-0.2, -0.15) is 0 Å². The molecule has 1 atom stereocenters. The zero-order chi connectivity index (χ0) is 23.8. The lowest BCUT2D eigenvalue weighted by Crippen LogP contribution is -2.47. The zero-order valence-corrected chi connectivity index (χ0v) is 20.3. The standard InChI is InChI=1S/C22H35FN6O3S/c1-3-27-8-10-28(11-9-27)20-19(23)18(25-22(26-20)33-2)13-24-21(31)17(14-29(32)15-30)12-16-6-4-5-7-16/h15-17,32H,3-14H2,1-2H3,(H,24,31)/t17-/m1/s1. The van der Waals surface area contributed by atoms with E-state index in [9.17, 15) is 14.8 Å². The third-order valence-electron chi connectivity index (χ3n) is 6.61. The Hall–Kier alpha value is -1.98. The summed E-state index contributed by atoms with van der Waals surface area (Å²) in [7, 11) is 0. The van der Waals surface area contributed by atoms with Crippen molar-refractivity contribution < 1.29 is 19.2 Å². The smallest absolute Gasteiger partial charge is 0.233 e. The first-order chi connectivity index (χ1) is 15.9. The summed E-state index contributed by atoms with van der Waals surface area (Å²) in [4.78, 5) is 36.8. The average molecular weight is 483 g/mol. The predicted molar refractivity (Wildman–Crippen MR) is 125 cm³/mol. The Bertz CT molecular complexity index is 803. The second kappa shape index (κ2) is 12.5. The van der Waals surface area contributed by atoms with E-state index in [0.29, 0.717) is 42.1 Å². The van der Waals surface area contributed by atoms with Crippen LogP contribution in [0.5, 0.6) is 0 Å². The van der Waals surface area contributed by atoms with Gasteiger partial charge in [0.05, 0.1) is 19.0 Å². The Morgan fingerprint density at radius 3 is 2.61 bits per heavy atom. The predicted octanol–water partition coefficient (Wildman–Crippen LogP) is 2.14. The van der Waals surface area contributed by atoms with Crippen molar-refractivity contribution in [2.24, 2.45) is 11.8 Å². The molecule has 0 unspecified atom stereocenters. The minimum atomic E-state index is -0.560. The van der Waals surface area contributed by atoms with E-state index in [2.05, 4.69) is 27.1 Å². The van der Waals surface area contributed by atoms with Gasteiger partial charge in [-0.05, 0) is 25.1 Å². The van der Waals surface area contributed by atoms with Crippen molar-refractivity contribution in [3.8, 4) is 0 Å². The number of rotatable bonds is 11. The lowest BCUT2D eigenvalue weighted by molar-refractivity contribution is -0.155. The molecule has 0 aromatic carbocycles. The van der Waals surface area contributed by atoms with Gasteiger partial charge < -0.3 is 15.1 Å². The molecule has 33 heavy (non-hydrogen) atoms.